The van der Waals surface area contributed by atoms with Crippen molar-refractivity contribution in [3.8, 4) is 0 Å². The number of hydrogen-bond donors (Lipinski definition) is 0. The Morgan fingerprint density at radius 1 is 1.24 bits per heavy atom. The fourth-order valence-corrected chi connectivity index (χ4v) is 2.73. The molecule has 1 fully saturated rings. The van der Waals surface area contributed by atoms with Crippen molar-refractivity contribution < 1.29 is 4.79 Å². The van der Waals surface area contributed by atoms with Crippen LogP contribution in [0, 0.1) is 5.41 Å². The highest BCUT2D eigenvalue weighted by atomic mass is 16.2. The molecule has 3 nitrogen and oxygen atoms in total. The molecule has 1 heterocycles. The standard InChI is InChI=1S/C14H16N2O/c1-14-10-6-5-9-12(14)15-16(13(14)17)11-7-3-2-4-8-11/h2-4,7-8H,5-6,9-10H2,1H3/t14-/m0/s1. The van der Waals surface area contributed by atoms with Crippen LogP contribution in [-0.4, -0.2) is 11.6 Å². The Hall–Kier alpha value is -1.64. The maximum atomic E-state index is 12.5. The summed E-state index contributed by atoms with van der Waals surface area (Å²) in [5.74, 6) is 0.137. The molecule has 1 aromatic rings. The van der Waals surface area contributed by atoms with E-state index in [1.165, 1.54) is 0 Å². The molecule has 3 rings (SSSR count). The van der Waals surface area contributed by atoms with Crippen LogP contribution in [-0.2, 0) is 4.79 Å². The highest BCUT2D eigenvalue weighted by molar-refractivity contribution is 6.19. The second-order valence-corrected chi connectivity index (χ2v) is 5.04. The molecule has 0 N–H and O–H groups in total. The van der Waals surface area contributed by atoms with Gasteiger partial charge in [-0.15, -0.1) is 0 Å². The third-order valence-electron chi connectivity index (χ3n) is 3.86. The molecule has 88 valence electrons. The van der Waals surface area contributed by atoms with E-state index in [9.17, 15) is 4.79 Å². The molecule has 0 aromatic heterocycles. The van der Waals surface area contributed by atoms with Gasteiger partial charge in [0.25, 0.3) is 5.91 Å². The van der Waals surface area contributed by atoms with Gasteiger partial charge in [-0.3, -0.25) is 4.79 Å². The lowest BCUT2D eigenvalue weighted by Gasteiger charge is -2.28. The lowest BCUT2D eigenvalue weighted by Crippen LogP contribution is -2.39. The van der Waals surface area contributed by atoms with Crippen LogP contribution in [0.2, 0.25) is 0 Å². The Labute approximate surface area is 101 Å². The molecule has 3 heteroatoms. The number of carbonyl (C=O) groups is 1. The molecule has 1 aliphatic heterocycles. The Morgan fingerprint density at radius 3 is 2.71 bits per heavy atom. The van der Waals surface area contributed by atoms with E-state index in [4.69, 9.17) is 0 Å². The van der Waals surface area contributed by atoms with Crippen molar-refractivity contribution >= 4 is 17.3 Å². The Balaban J connectivity index is 2.00. The summed E-state index contributed by atoms with van der Waals surface area (Å²) in [5.41, 5.74) is 1.60. The van der Waals surface area contributed by atoms with Crippen molar-refractivity contribution in [3.63, 3.8) is 0 Å². The lowest BCUT2D eigenvalue weighted by atomic mass is 9.74. The minimum Gasteiger partial charge on any atom is -0.271 e. The molecular weight excluding hydrogens is 212 g/mol. The van der Waals surface area contributed by atoms with E-state index in [2.05, 4.69) is 5.10 Å². The number of hydrogen-bond acceptors (Lipinski definition) is 2. The van der Waals surface area contributed by atoms with E-state index in [0.717, 1.165) is 37.1 Å². The summed E-state index contributed by atoms with van der Waals surface area (Å²) in [5, 5.41) is 6.12. The maximum Gasteiger partial charge on any atom is 0.259 e. The number of fused-ring (bicyclic) bond motifs is 1. The summed E-state index contributed by atoms with van der Waals surface area (Å²) in [7, 11) is 0. The molecule has 1 aromatic carbocycles. The van der Waals surface area contributed by atoms with E-state index < -0.39 is 0 Å². The quantitative estimate of drug-likeness (QED) is 0.727. The number of amides is 1. The Bertz CT molecular complexity index is 480. The van der Waals surface area contributed by atoms with Gasteiger partial charge in [-0.05, 0) is 38.3 Å². The van der Waals surface area contributed by atoms with Crippen LogP contribution >= 0.6 is 0 Å². The van der Waals surface area contributed by atoms with Gasteiger partial charge in [-0.25, -0.2) is 0 Å². The molecule has 0 spiro atoms. The van der Waals surface area contributed by atoms with Crippen LogP contribution in [0.15, 0.2) is 35.4 Å². The second kappa shape index (κ2) is 3.69. The predicted molar refractivity (Wildman–Crippen MR) is 67.9 cm³/mol. The van der Waals surface area contributed by atoms with Crippen LogP contribution in [0.4, 0.5) is 5.69 Å². The zero-order chi connectivity index (χ0) is 11.9. The third-order valence-corrected chi connectivity index (χ3v) is 3.86. The fourth-order valence-electron chi connectivity index (χ4n) is 2.73. The number of nitrogens with zero attached hydrogens (tertiary/aromatic N) is 2. The SMILES string of the molecule is C[C@]12CCCCC1=NN(c1ccccc1)C2=O. The summed E-state index contributed by atoms with van der Waals surface area (Å²) in [6.45, 7) is 2.04. The molecule has 0 unspecified atom stereocenters. The van der Waals surface area contributed by atoms with Gasteiger partial charge in [0.2, 0.25) is 0 Å². The molecule has 1 aliphatic carbocycles. The molecule has 1 amide bonds. The highest BCUT2D eigenvalue weighted by Gasteiger charge is 2.48. The zero-order valence-electron chi connectivity index (χ0n) is 10.0. The molecule has 0 bridgehead atoms. The minimum absolute atomic E-state index is 0.137. The van der Waals surface area contributed by atoms with Gasteiger partial charge in [0.1, 0.15) is 0 Å². The first-order valence-corrected chi connectivity index (χ1v) is 6.19. The number of benzene rings is 1. The van der Waals surface area contributed by atoms with Gasteiger partial charge in [-0.2, -0.15) is 10.1 Å². The summed E-state index contributed by atoms with van der Waals surface area (Å²) in [4.78, 5) is 12.5. The van der Waals surface area contributed by atoms with E-state index in [-0.39, 0.29) is 11.3 Å². The average molecular weight is 228 g/mol. The largest absolute Gasteiger partial charge is 0.271 e. The van der Waals surface area contributed by atoms with E-state index in [1.807, 2.05) is 37.3 Å². The summed E-state index contributed by atoms with van der Waals surface area (Å²) in [6, 6.07) is 9.69. The van der Waals surface area contributed by atoms with Crippen molar-refractivity contribution in [2.24, 2.45) is 10.5 Å². The maximum absolute atomic E-state index is 12.5. The molecule has 1 saturated carbocycles. The van der Waals surface area contributed by atoms with Crippen molar-refractivity contribution in [3.05, 3.63) is 30.3 Å². The smallest absolute Gasteiger partial charge is 0.259 e. The first-order valence-electron chi connectivity index (χ1n) is 6.19. The van der Waals surface area contributed by atoms with Crippen molar-refractivity contribution in [1.82, 2.24) is 0 Å². The van der Waals surface area contributed by atoms with Crippen LogP contribution in [0.3, 0.4) is 0 Å². The van der Waals surface area contributed by atoms with Crippen LogP contribution in [0.25, 0.3) is 0 Å². The van der Waals surface area contributed by atoms with E-state index in [0.29, 0.717) is 0 Å². The lowest BCUT2D eigenvalue weighted by molar-refractivity contribution is -0.123. The number of hydrazone groups is 1. The Kier molecular flexibility index (Phi) is 2.28. The summed E-state index contributed by atoms with van der Waals surface area (Å²) >= 11 is 0. The summed E-state index contributed by atoms with van der Waals surface area (Å²) < 4.78 is 0. The van der Waals surface area contributed by atoms with E-state index in [1.54, 1.807) is 5.01 Å². The number of carbonyl (C=O) groups excluding carboxylic acids is 1. The Morgan fingerprint density at radius 2 is 2.00 bits per heavy atom. The molecule has 1 atom stereocenters. The minimum atomic E-state index is -0.339. The molecule has 17 heavy (non-hydrogen) atoms. The normalized spacial score (nSPS) is 27.9. The number of rotatable bonds is 1. The zero-order valence-corrected chi connectivity index (χ0v) is 10.0. The van der Waals surface area contributed by atoms with Gasteiger partial charge in [0.15, 0.2) is 0 Å². The molecule has 0 saturated heterocycles. The molecule has 0 radical (unpaired) electrons. The van der Waals surface area contributed by atoms with Crippen LogP contribution in [0.5, 0.6) is 0 Å². The van der Waals surface area contributed by atoms with Gasteiger partial charge < -0.3 is 0 Å². The van der Waals surface area contributed by atoms with Gasteiger partial charge in [0.05, 0.1) is 16.8 Å². The van der Waals surface area contributed by atoms with Crippen molar-refractivity contribution in [2.45, 2.75) is 32.6 Å². The van der Waals surface area contributed by atoms with Crippen LogP contribution < -0.4 is 5.01 Å². The third kappa shape index (κ3) is 1.49. The monoisotopic (exact) mass is 228 g/mol. The van der Waals surface area contributed by atoms with E-state index >= 15 is 0 Å². The number of anilines is 1. The molecule has 2 aliphatic rings. The van der Waals surface area contributed by atoms with Gasteiger partial charge in [0, 0.05) is 0 Å². The second-order valence-electron chi connectivity index (χ2n) is 5.04. The van der Waals surface area contributed by atoms with Gasteiger partial charge in [-0.1, -0.05) is 24.6 Å². The molecular formula is C14H16N2O. The highest BCUT2D eigenvalue weighted by Crippen LogP contribution is 2.41. The fraction of sp³-hybridized carbons (Fsp3) is 0.429. The topological polar surface area (TPSA) is 32.7 Å². The average Bonchev–Trinajstić information content (AvgIpc) is 2.64. The first-order chi connectivity index (χ1) is 8.22. The van der Waals surface area contributed by atoms with Crippen molar-refractivity contribution in [2.75, 3.05) is 5.01 Å². The summed E-state index contributed by atoms with van der Waals surface area (Å²) in [6.07, 6.45) is 4.19. The van der Waals surface area contributed by atoms with Gasteiger partial charge >= 0.3 is 0 Å². The van der Waals surface area contributed by atoms with Crippen LogP contribution in [0.1, 0.15) is 32.6 Å². The first kappa shape index (κ1) is 10.5. The van der Waals surface area contributed by atoms with Crippen molar-refractivity contribution in [1.29, 1.82) is 0 Å². The number of para-hydroxylation sites is 1. The predicted octanol–water partition coefficient (Wildman–Crippen LogP) is 2.97.